The standard InChI is InChI=1S/C13H23N3S/c1-9(14)12-6-4-5-7-16(12)8-13-10(2)15-11(3)17-13/h9,12H,4-8,14H2,1-3H3. The van der Waals surface area contributed by atoms with Crippen molar-refractivity contribution in [2.45, 2.75) is 58.7 Å². The van der Waals surface area contributed by atoms with Gasteiger partial charge in [-0.3, -0.25) is 4.90 Å². The summed E-state index contributed by atoms with van der Waals surface area (Å²) in [5, 5.41) is 1.17. The van der Waals surface area contributed by atoms with E-state index in [4.69, 9.17) is 5.73 Å². The van der Waals surface area contributed by atoms with Gasteiger partial charge in [0.25, 0.3) is 0 Å². The highest BCUT2D eigenvalue weighted by Crippen LogP contribution is 2.25. The quantitative estimate of drug-likeness (QED) is 0.900. The van der Waals surface area contributed by atoms with Gasteiger partial charge in [0.15, 0.2) is 0 Å². The van der Waals surface area contributed by atoms with Crippen LogP contribution in [0.3, 0.4) is 0 Å². The molecule has 96 valence electrons. The van der Waals surface area contributed by atoms with Gasteiger partial charge >= 0.3 is 0 Å². The fourth-order valence-electron chi connectivity index (χ4n) is 2.71. The summed E-state index contributed by atoms with van der Waals surface area (Å²) in [5.74, 6) is 0. The number of aryl methyl sites for hydroxylation is 2. The van der Waals surface area contributed by atoms with Gasteiger partial charge in [-0.2, -0.15) is 0 Å². The second-order valence-corrected chi connectivity index (χ2v) is 6.42. The van der Waals surface area contributed by atoms with Gasteiger partial charge in [-0.1, -0.05) is 6.42 Å². The largest absolute Gasteiger partial charge is 0.327 e. The van der Waals surface area contributed by atoms with Crippen molar-refractivity contribution in [2.24, 2.45) is 5.73 Å². The van der Waals surface area contributed by atoms with Gasteiger partial charge in [-0.05, 0) is 40.2 Å². The number of hydrogen-bond donors (Lipinski definition) is 1. The van der Waals surface area contributed by atoms with Crippen molar-refractivity contribution >= 4 is 11.3 Å². The van der Waals surface area contributed by atoms with Crippen LogP contribution in [0.5, 0.6) is 0 Å². The summed E-state index contributed by atoms with van der Waals surface area (Å²) in [6.07, 6.45) is 3.87. The molecule has 0 radical (unpaired) electrons. The number of aromatic nitrogens is 1. The molecule has 17 heavy (non-hydrogen) atoms. The predicted octanol–water partition coefficient (Wildman–Crippen LogP) is 2.46. The smallest absolute Gasteiger partial charge is 0.0900 e. The van der Waals surface area contributed by atoms with E-state index in [2.05, 4.69) is 30.7 Å². The molecule has 1 aliphatic rings. The van der Waals surface area contributed by atoms with Crippen molar-refractivity contribution in [1.82, 2.24) is 9.88 Å². The molecule has 4 heteroatoms. The van der Waals surface area contributed by atoms with Gasteiger partial charge < -0.3 is 5.73 Å². The Labute approximate surface area is 108 Å². The molecule has 2 atom stereocenters. The SMILES string of the molecule is Cc1nc(C)c(CN2CCCCC2C(C)N)s1. The van der Waals surface area contributed by atoms with Crippen LogP contribution >= 0.6 is 11.3 Å². The van der Waals surface area contributed by atoms with Gasteiger partial charge in [0.2, 0.25) is 0 Å². The van der Waals surface area contributed by atoms with Gasteiger partial charge in [0.1, 0.15) is 0 Å². The van der Waals surface area contributed by atoms with E-state index in [1.54, 1.807) is 0 Å². The van der Waals surface area contributed by atoms with E-state index in [9.17, 15) is 0 Å². The molecule has 2 heterocycles. The van der Waals surface area contributed by atoms with Crippen molar-refractivity contribution < 1.29 is 0 Å². The molecular formula is C13H23N3S. The second-order valence-electron chi connectivity index (χ2n) is 5.13. The summed E-state index contributed by atoms with van der Waals surface area (Å²) in [4.78, 5) is 8.47. The second kappa shape index (κ2) is 5.46. The lowest BCUT2D eigenvalue weighted by atomic mass is 9.97. The Morgan fingerprint density at radius 2 is 2.24 bits per heavy atom. The monoisotopic (exact) mass is 253 g/mol. The summed E-state index contributed by atoms with van der Waals surface area (Å²) >= 11 is 1.83. The number of nitrogens with zero attached hydrogens (tertiary/aromatic N) is 2. The van der Waals surface area contributed by atoms with Gasteiger partial charge in [0, 0.05) is 23.5 Å². The van der Waals surface area contributed by atoms with Gasteiger partial charge in [-0.15, -0.1) is 11.3 Å². The topological polar surface area (TPSA) is 42.2 Å². The molecule has 0 aliphatic carbocycles. The summed E-state index contributed by atoms with van der Waals surface area (Å²) in [6.45, 7) is 8.55. The summed E-state index contributed by atoms with van der Waals surface area (Å²) in [5.41, 5.74) is 7.30. The number of piperidine rings is 1. The Morgan fingerprint density at radius 1 is 1.47 bits per heavy atom. The molecule has 1 saturated heterocycles. The van der Waals surface area contributed by atoms with Crippen LogP contribution in [0.25, 0.3) is 0 Å². The minimum atomic E-state index is 0.268. The van der Waals surface area contributed by atoms with Crippen molar-refractivity contribution in [3.63, 3.8) is 0 Å². The molecule has 1 aromatic rings. The van der Waals surface area contributed by atoms with Crippen LogP contribution in [0.2, 0.25) is 0 Å². The third-order valence-electron chi connectivity index (χ3n) is 3.62. The Bertz CT molecular complexity index is 373. The molecule has 0 spiro atoms. The highest BCUT2D eigenvalue weighted by molar-refractivity contribution is 7.11. The average molecular weight is 253 g/mol. The maximum Gasteiger partial charge on any atom is 0.0900 e. The van der Waals surface area contributed by atoms with Crippen molar-refractivity contribution in [3.8, 4) is 0 Å². The van der Waals surface area contributed by atoms with Crippen LogP contribution in [0.4, 0.5) is 0 Å². The molecule has 0 aromatic carbocycles. The Kier molecular flexibility index (Phi) is 4.17. The van der Waals surface area contributed by atoms with Crippen LogP contribution in [0.1, 0.15) is 41.8 Å². The molecule has 1 aliphatic heterocycles. The molecule has 2 unspecified atom stereocenters. The van der Waals surface area contributed by atoms with Crippen molar-refractivity contribution in [3.05, 3.63) is 15.6 Å². The fraction of sp³-hybridized carbons (Fsp3) is 0.769. The Balaban J connectivity index is 2.08. The van der Waals surface area contributed by atoms with Crippen LogP contribution in [-0.4, -0.2) is 28.5 Å². The number of nitrogens with two attached hydrogens (primary N) is 1. The molecule has 2 rings (SSSR count). The van der Waals surface area contributed by atoms with Crippen molar-refractivity contribution in [2.75, 3.05) is 6.54 Å². The summed E-state index contributed by atoms with van der Waals surface area (Å²) in [7, 11) is 0. The summed E-state index contributed by atoms with van der Waals surface area (Å²) < 4.78 is 0. The number of thiazole rings is 1. The lowest BCUT2D eigenvalue weighted by Crippen LogP contribution is -2.48. The number of rotatable bonds is 3. The zero-order chi connectivity index (χ0) is 12.4. The van der Waals surface area contributed by atoms with E-state index in [-0.39, 0.29) is 6.04 Å². The van der Waals surface area contributed by atoms with Crippen LogP contribution in [-0.2, 0) is 6.54 Å². The van der Waals surface area contributed by atoms with Crippen molar-refractivity contribution in [1.29, 1.82) is 0 Å². The Hall–Kier alpha value is -0.450. The summed E-state index contributed by atoms with van der Waals surface area (Å²) in [6, 6.07) is 0.815. The third-order valence-corrected chi connectivity index (χ3v) is 4.68. The van der Waals surface area contributed by atoms with E-state index >= 15 is 0 Å². The molecule has 2 N–H and O–H groups in total. The van der Waals surface area contributed by atoms with Gasteiger partial charge in [-0.25, -0.2) is 4.98 Å². The molecule has 0 saturated carbocycles. The van der Waals surface area contributed by atoms with Crippen LogP contribution in [0, 0.1) is 13.8 Å². The lowest BCUT2D eigenvalue weighted by molar-refractivity contribution is 0.124. The average Bonchev–Trinajstić information content (AvgIpc) is 2.58. The normalized spacial score (nSPS) is 23.9. The molecule has 1 aromatic heterocycles. The highest BCUT2D eigenvalue weighted by Gasteiger charge is 2.26. The maximum atomic E-state index is 6.10. The zero-order valence-electron chi connectivity index (χ0n) is 11.1. The van der Waals surface area contributed by atoms with Crippen LogP contribution < -0.4 is 5.73 Å². The third kappa shape index (κ3) is 3.06. The molecule has 3 nitrogen and oxygen atoms in total. The van der Waals surface area contributed by atoms with E-state index in [0.717, 1.165) is 6.54 Å². The fourth-order valence-corrected chi connectivity index (χ4v) is 3.68. The first-order valence-electron chi connectivity index (χ1n) is 6.50. The molecule has 0 amide bonds. The Morgan fingerprint density at radius 3 is 2.82 bits per heavy atom. The van der Waals surface area contributed by atoms with E-state index in [1.807, 2.05) is 11.3 Å². The first-order chi connectivity index (χ1) is 8.08. The molecule has 1 fully saturated rings. The number of hydrogen-bond acceptors (Lipinski definition) is 4. The highest BCUT2D eigenvalue weighted by atomic mass is 32.1. The zero-order valence-corrected chi connectivity index (χ0v) is 11.9. The lowest BCUT2D eigenvalue weighted by Gasteiger charge is -2.37. The minimum absolute atomic E-state index is 0.268. The minimum Gasteiger partial charge on any atom is -0.327 e. The first-order valence-corrected chi connectivity index (χ1v) is 7.32. The molecular weight excluding hydrogens is 230 g/mol. The van der Waals surface area contributed by atoms with E-state index in [1.165, 1.54) is 41.4 Å². The van der Waals surface area contributed by atoms with Crippen LogP contribution in [0.15, 0.2) is 0 Å². The van der Waals surface area contributed by atoms with E-state index in [0.29, 0.717) is 6.04 Å². The van der Waals surface area contributed by atoms with Gasteiger partial charge in [0.05, 0.1) is 10.7 Å². The molecule has 0 bridgehead atoms. The van der Waals surface area contributed by atoms with E-state index < -0.39 is 0 Å². The first kappa shape index (κ1) is 13.0. The number of likely N-dealkylation sites (tertiary alicyclic amines) is 1. The maximum absolute atomic E-state index is 6.10. The predicted molar refractivity (Wildman–Crippen MR) is 73.3 cm³/mol.